The minimum atomic E-state index is -1.35. The van der Waals surface area contributed by atoms with Crippen LogP contribution in [0.3, 0.4) is 0 Å². The van der Waals surface area contributed by atoms with Crippen LogP contribution >= 0.6 is 0 Å². The second-order valence-corrected chi connectivity index (χ2v) is 5.97. The van der Waals surface area contributed by atoms with Crippen LogP contribution in [-0.2, 0) is 11.3 Å². The highest BCUT2D eigenvalue weighted by Gasteiger charge is 2.23. The fraction of sp³-hybridized carbons (Fsp3) is 0.300. The van der Waals surface area contributed by atoms with Gasteiger partial charge in [0.05, 0.1) is 7.11 Å². The Morgan fingerprint density at radius 3 is 2.44 bits per heavy atom. The number of amides is 1. The molecular weight excluding hydrogens is 350 g/mol. The zero-order valence-corrected chi connectivity index (χ0v) is 15.2. The number of benzene rings is 2. The van der Waals surface area contributed by atoms with Crippen molar-refractivity contribution in [3.05, 3.63) is 65.2 Å². The lowest BCUT2D eigenvalue weighted by Crippen LogP contribution is -2.36. The topological polar surface area (TPSA) is 105 Å². The molecule has 1 amide bonds. The van der Waals surface area contributed by atoms with E-state index in [4.69, 9.17) is 9.47 Å². The first-order chi connectivity index (χ1) is 12.9. The predicted molar refractivity (Wildman–Crippen MR) is 98.6 cm³/mol. The zero-order chi connectivity index (χ0) is 19.8. The van der Waals surface area contributed by atoms with Gasteiger partial charge in [-0.25, -0.2) is 4.79 Å². The van der Waals surface area contributed by atoms with Gasteiger partial charge in [0.1, 0.15) is 24.6 Å². The lowest BCUT2D eigenvalue weighted by atomic mass is 9.99. The van der Waals surface area contributed by atoms with Crippen LogP contribution in [-0.4, -0.2) is 41.8 Å². The van der Waals surface area contributed by atoms with Gasteiger partial charge in [-0.15, -0.1) is 0 Å². The Balaban J connectivity index is 1.93. The number of methoxy groups -OCH3 is 1. The molecule has 2 rings (SSSR count). The SMILES string of the molecule is COc1ccc(C(C)=O)cc1C(O)C(O)CNC(=O)OCc1ccccc1. The Morgan fingerprint density at radius 2 is 1.81 bits per heavy atom. The number of rotatable bonds is 8. The Bertz CT molecular complexity index is 777. The van der Waals surface area contributed by atoms with Gasteiger partial charge in [-0.1, -0.05) is 30.3 Å². The van der Waals surface area contributed by atoms with Gasteiger partial charge in [0.25, 0.3) is 0 Å². The molecule has 0 bridgehead atoms. The van der Waals surface area contributed by atoms with E-state index in [1.807, 2.05) is 30.3 Å². The molecule has 2 atom stereocenters. The fourth-order valence-electron chi connectivity index (χ4n) is 2.47. The largest absolute Gasteiger partial charge is 0.496 e. The van der Waals surface area contributed by atoms with Crippen LogP contribution in [0, 0.1) is 0 Å². The highest BCUT2D eigenvalue weighted by atomic mass is 16.5. The van der Waals surface area contributed by atoms with Gasteiger partial charge in [-0.05, 0) is 30.7 Å². The van der Waals surface area contributed by atoms with Crippen molar-refractivity contribution in [3.63, 3.8) is 0 Å². The number of aliphatic hydroxyl groups excluding tert-OH is 2. The first-order valence-corrected chi connectivity index (χ1v) is 8.42. The highest BCUT2D eigenvalue weighted by Crippen LogP contribution is 2.28. The summed E-state index contributed by atoms with van der Waals surface area (Å²) in [6.07, 6.45) is -3.38. The number of ketones is 1. The molecule has 3 N–H and O–H groups in total. The number of ether oxygens (including phenoxy) is 2. The van der Waals surface area contributed by atoms with E-state index in [9.17, 15) is 19.8 Å². The summed E-state index contributed by atoms with van der Waals surface area (Å²) in [5, 5.41) is 23.0. The monoisotopic (exact) mass is 373 g/mol. The molecule has 7 nitrogen and oxygen atoms in total. The maximum atomic E-state index is 11.8. The number of nitrogens with one attached hydrogen (secondary N) is 1. The second-order valence-electron chi connectivity index (χ2n) is 5.97. The van der Waals surface area contributed by atoms with E-state index in [2.05, 4.69) is 5.32 Å². The summed E-state index contributed by atoms with van der Waals surface area (Å²) in [6.45, 7) is 1.26. The zero-order valence-electron chi connectivity index (χ0n) is 15.2. The van der Waals surface area contributed by atoms with E-state index in [-0.39, 0.29) is 24.5 Å². The third-order valence-corrected chi connectivity index (χ3v) is 3.99. The first kappa shape index (κ1) is 20.4. The molecular formula is C20H23NO6. The van der Waals surface area contributed by atoms with Gasteiger partial charge in [-0.2, -0.15) is 0 Å². The summed E-state index contributed by atoms with van der Waals surface area (Å²) in [5.74, 6) is 0.154. The van der Waals surface area contributed by atoms with Crippen molar-refractivity contribution < 1.29 is 29.3 Å². The molecule has 0 aromatic heterocycles. The molecule has 0 saturated heterocycles. The maximum absolute atomic E-state index is 11.8. The molecule has 7 heteroatoms. The average Bonchev–Trinajstić information content (AvgIpc) is 2.70. The van der Waals surface area contributed by atoms with E-state index in [1.54, 1.807) is 12.1 Å². The smallest absolute Gasteiger partial charge is 0.407 e. The normalized spacial score (nSPS) is 12.7. The molecule has 27 heavy (non-hydrogen) atoms. The van der Waals surface area contributed by atoms with Gasteiger partial charge in [0.15, 0.2) is 5.78 Å². The minimum Gasteiger partial charge on any atom is -0.496 e. The fourth-order valence-corrected chi connectivity index (χ4v) is 2.47. The Kier molecular flexibility index (Phi) is 7.34. The Morgan fingerprint density at radius 1 is 1.11 bits per heavy atom. The summed E-state index contributed by atoms with van der Waals surface area (Å²) >= 11 is 0. The maximum Gasteiger partial charge on any atom is 0.407 e. The molecule has 0 aliphatic carbocycles. The molecule has 0 saturated carbocycles. The third-order valence-electron chi connectivity index (χ3n) is 3.99. The molecule has 0 heterocycles. The van der Waals surface area contributed by atoms with E-state index >= 15 is 0 Å². The molecule has 144 valence electrons. The molecule has 2 aromatic carbocycles. The summed E-state index contributed by atoms with van der Waals surface area (Å²) in [6, 6.07) is 13.7. The van der Waals surface area contributed by atoms with Crippen molar-refractivity contribution in [3.8, 4) is 5.75 Å². The van der Waals surface area contributed by atoms with E-state index in [0.717, 1.165) is 5.56 Å². The molecule has 2 aromatic rings. The van der Waals surface area contributed by atoms with E-state index in [1.165, 1.54) is 20.1 Å². The van der Waals surface area contributed by atoms with Crippen molar-refractivity contribution in [2.24, 2.45) is 0 Å². The number of alkyl carbamates (subject to hydrolysis) is 1. The van der Waals surface area contributed by atoms with Crippen LogP contribution in [0.2, 0.25) is 0 Å². The van der Waals surface area contributed by atoms with Crippen LogP contribution in [0.25, 0.3) is 0 Å². The van der Waals surface area contributed by atoms with Crippen LogP contribution in [0.1, 0.15) is 34.5 Å². The quantitative estimate of drug-likeness (QED) is 0.613. The van der Waals surface area contributed by atoms with E-state index < -0.39 is 18.3 Å². The van der Waals surface area contributed by atoms with Crippen molar-refractivity contribution in [1.82, 2.24) is 5.32 Å². The standard InChI is InChI=1S/C20H23NO6/c1-13(22)15-8-9-18(26-2)16(10-15)19(24)17(23)11-21-20(25)27-12-14-6-4-3-5-7-14/h3-10,17,19,23-24H,11-12H2,1-2H3,(H,21,25). The molecule has 2 unspecified atom stereocenters. The van der Waals surface area contributed by atoms with Crippen LogP contribution < -0.4 is 10.1 Å². The summed E-state index contributed by atoms with van der Waals surface area (Å²) < 4.78 is 10.2. The third kappa shape index (κ3) is 5.80. The molecule has 0 aliphatic heterocycles. The van der Waals surface area contributed by atoms with Gasteiger partial charge in [-0.3, -0.25) is 4.79 Å². The van der Waals surface area contributed by atoms with Gasteiger partial charge >= 0.3 is 6.09 Å². The number of hydrogen-bond donors (Lipinski definition) is 3. The summed E-state index contributed by atoms with van der Waals surface area (Å²) in [7, 11) is 1.42. The summed E-state index contributed by atoms with van der Waals surface area (Å²) in [5.41, 5.74) is 1.48. The molecule has 0 fully saturated rings. The number of Topliss-reactive ketones (excluding diaryl/α,β-unsaturated/α-hetero) is 1. The molecule has 0 aliphatic rings. The number of carbonyl (C=O) groups excluding carboxylic acids is 2. The van der Waals surface area contributed by atoms with Gasteiger partial charge in [0.2, 0.25) is 0 Å². The minimum absolute atomic E-state index is 0.0970. The van der Waals surface area contributed by atoms with Crippen LogP contribution in [0.4, 0.5) is 4.79 Å². The first-order valence-electron chi connectivity index (χ1n) is 8.42. The second kappa shape index (κ2) is 9.70. The molecule has 0 radical (unpaired) electrons. The highest BCUT2D eigenvalue weighted by molar-refractivity contribution is 5.94. The summed E-state index contributed by atoms with van der Waals surface area (Å²) in [4.78, 5) is 23.3. The van der Waals surface area contributed by atoms with Crippen molar-refractivity contribution in [1.29, 1.82) is 0 Å². The van der Waals surface area contributed by atoms with Crippen LogP contribution in [0.5, 0.6) is 5.75 Å². The predicted octanol–water partition coefficient (Wildman–Crippen LogP) is 2.22. The van der Waals surface area contributed by atoms with Gasteiger partial charge in [0, 0.05) is 17.7 Å². The number of hydrogen-bond acceptors (Lipinski definition) is 6. The number of carbonyl (C=O) groups is 2. The van der Waals surface area contributed by atoms with Gasteiger partial charge < -0.3 is 25.0 Å². The lowest BCUT2D eigenvalue weighted by molar-refractivity contribution is 0.0171. The molecule has 0 spiro atoms. The van der Waals surface area contributed by atoms with Crippen LogP contribution in [0.15, 0.2) is 48.5 Å². The Labute approximate surface area is 157 Å². The average molecular weight is 373 g/mol. The van der Waals surface area contributed by atoms with Crippen molar-refractivity contribution >= 4 is 11.9 Å². The Hall–Kier alpha value is -2.90. The van der Waals surface area contributed by atoms with E-state index in [0.29, 0.717) is 11.3 Å². The van der Waals surface area contributed by atoms with Crippen molar-refractivity contribution in [2.75, 3.05) is 13.7 Å². The number of aliphatic hydroxyl groups is 2. The lowest BCUT2D eigenvalue weighted by Gasteiger charge is -2.21. The van der Waals surface area contributed by atoms with Crippen molar-refractivity contribution in [2.45, 2.75) is 25.7 Å².